The van der Waals surface area contributed by atoms with Crippen molar-refractivity contribution < 1.29 is 14.3 Å². The first-order valence-corrected chi connectivity index (χ1v) is 6.58. The predicted molar refractivity (Wildman–Crippen MR) is 76.4 cm³/mol. The average Bonchev–Trinajstić information content (AvgIpc) is 2.46. The standard InChI is InChI=1S/C14H19N3O3/c1-20-14(19)9-5-6-11(10(15)8-9)17-7-3-2-4-12(17)13(16)18/h5-6,8,12H,2-4,7,15H2,1H3,(H2,16,18). The van der Waals surface area contributed by atoms with E-state index in [0.717, 1.165) is 31.5 Å². The lowest BCUT2D eigenvalue weighted by Gasteiger charge is -2.36. The second-order valence-electron chi connectivity index (χ2n) is 4.87. The summed E-state index contributed by atoms with van der Waals surface area (Å²) in [7, 11) is 1.32. The number of methoxy groups -OCH3 is 1. The Bertz CT molecular complexity index is 530. The molecule has 1 aromatic carbocycles. The van der Waals surface area contributed by atoms with Crippen molar-refractivity contribution >= 4 is 23.3 Å². The maximum absolute atomic E-state index is 11.5. The Kier molecular flexibility index (Phi) is 4.12. The molecule has 1 aliphatic heterocycles. The molecule has 1 heterocycles. The van der Waals surface area contributed by atoms with Gasteiger partial charge in [0.15, 0.2) is 0 Å². The molecule has 2 rings (SSSR count). The highest BCUT2D eigenvalue weighted by molar-refractivity contribution is 5.92. The van der Waals surface area contributed by atoms with Gasteiger partial charge in [0.1, 0.15) is 6.04 Å². The maximum Gasteiger partial charge on any atom is 0.337 e. The quantitative estimate of drug-likeness (QED) is 0.631. The zero-order valence-electron chi connectivity index (χ0n) is 11.5. The molecule has 1 aromatic rings. The van der Waals surface area contributed by atoms with Gasteiger partial charge in [-0.25, -0.2) is 4.79 Å². The number of nitrogens with two attached hydrogens (primary N) is 2. The molecule has 6 nitrogen and oxygen atoms in total. The minimum absolute atomic E-state index is 0.338. The molecule has 0 spiro atoms. The number of hydrogen-bond donors (Lipinski definition) is 2. The summed E-state index contributed by atoms with van der Waals surface area (Å²) in [4.78, 5) is 24.9. The summed E-state index contributed by atoms with van der Waals surface area (Å²) >= 11 is 0. The summed E-state index contributed by atoms with van der Waals surface area (Å²) in [5.41, 5.74) is 13.0. The molecule has 1 saturated heterocycles. The van der Waals surface area contributed by atoms with Crippen molar-refractivity contribution in [2.24, 2.45) is 5.73 Å². The van der Waals surface area contributed by atoms with Crippen molar-refractivity contribution in [2.45, 2.75) is 25.3 Å². The predicted octanol–water partition coefficient (Wildman–Crippen LogP) is 0.900. The third-order valence-electron chi connectivity index (χ3n) is 3.59. The van der Waals surface area contributed by atoms with Crippen molar-refractivity contribution in [1.82, 2.24) is 0 Å². The normalized spacial score (nSPS) is 18.6. The van der Waals surface area contributed by atoms with E-state index in [1.54, 1.807) is 18.2 Å². The number of esters is 1. The van der Waals surface area contributed by atoms with Gasteiger partial charge in [0.2, 0.25) is 5.91 Å². The Labute approximate surface area is 117 Å². The number of anilines is 2. The fourth-order valence-corrected chi connectivity index (χ4v) is 2.58. The van der Waals surface area contributed by atoms with Gasteiger partial charge < -0.3 is 21.1 Å². The number of nitrogens with zero attached hydrogens (tertiary/aromatic N) is 1. The van der Waals surface area contributed by atoms with Crippen molar-refractivity contribution in [2.75, 3.05) is 24.3 Å². The van der Waals surface area contributed by atoms with E-state index in [4.69, 9.17) is 11.5 Å². The van der Waals surface area contributed by atoms with Crippen molar-refractivity contribution in [3.8, 4) is 0 Å². The van der Waals surface area contributed by atoms with Gasteiger partial charge in [-0.05, 0) is 37.5 Å². The lowest BCUT2D eigenvalue weighted by Crippen LogP contribution is -2.48. The zero-order valence-corrected chi connectivity index (χ0v) is 11.5. The molecule has 6 heteroatoms. The molecule has 0 aromatic heterocycles. The Morgan fingerprint density at radius 2 is 2.10 bits per heavy atom. The summed E-state index contributed by atoms with van der Waals surface area (Å²) in [5, 5.41) is 0. The van der Waals surface area contributed by atoms with Crippen molar-refractivity contribution in [3.05, 3.63) is 23.8 Å². The van der Waals surface area contributed by atoms with Crippen LogP contribution in [0.3, 0.4) is 0 Å². The van der Waals surface area contributed by atoms with Gasteiger partial charge in [-0.2, -0.15) is 0 Å². The van der Waals surface area contributed by atoms with Crippen LogP contribution in [-0.2, 0) is 9.53 Å². The summed E-state index contributed by atoms with van der Waals surface area (Å²) < 4.78 is 4.65. The number of rotatable bonds is 3. The van der Waals surface area contributed by atoms with Crippen LogP contribution in [0.15, 0.2) is 18.2 Å². The lowest BCUT2D eigenvalue weighted by atomic mass is 10.00. The maximum atomic E-state index is 11.5. The Morgan fingerprint density at radius 3 is 2.70 bits per heavy atom. The van der Waals surface area contributed by atoms with Gasteiger partial charge >= 0.3 is 5.97 Å². The molecular weight excluding hydrogens is 258 g/mol. The number of amides is 1. The molecule has 1 unspecified atom stereocenters. The molecule has 0 saturated carbocycles. The third-order valence-corrected chi connectivity index (χ3v) is 3.59. The van der Waals surface area contributed by atoms with Crippen LogP contribution >= 0.6 is 0 Å². The van der Waals surface area contributed by atoms with E-state index in [9.17, 15) is 9.59 Å². The summed E-state index contributed by atoms with van der Waals surface area (Å²) in [5.74, 6) is -0.783. The van der Waals surface area contributed by atoms with Crippen LogP contribution in [0.1, 0.15) is 29.6 Å². The highest BCUT2D eigenvalue weighted by atomic mass is 16.5. The molecule has 1 fully saturated rings. The molecule has 4 N–H and O–H groups in total. The SMILES string of the molecule is COC(=O)c1ccc(N2CCCCC2C(N)=O)c(N)c1. The number of hydrogen-bond acceptors (Lipinski definition) is 5. The molecule has 1 amide bonds. The average molecular weight is 277 g/mol. The molecular formula is C14H19N3O3. The van der Waals surface area contributed by atoms with Crippen molar-refractivity contribution in [1.29, 1.82) is 0 Å². The fourth-order valence-electron chi connectivity index (χ4n) is 2.58. The smallest absolute Gasteiger partial charge is 0.337 e. The second-order valence-corrected chi connectivity index (χ2v) is 4.87. The zero-order chi connectivity index (χ0) is 14.7. The van der Waals surface area contributed by atoms with Crippen LogP contribution in [0, 0.1) is 0 Å². The number of carbonyl (C=O) groups is 2. The monoisotopic (exact) mass is 277 g/mol. The minimum atomic E-state index is -0.437. The summed E-state index contributed by atoms with van der Waals surface area (Å²) in [6, 6.07) is 4.61. The minimum Gasteiger partial charge on any atom is -0.465 e. The first kappa shape index (κ1) is 14.2. The van der Waals surface area contributed by atoms with E-state index >= 15 is 0 Å². The lowest BCUT2D eigenvalue weighted by molar-refractivity contribution is -0.119. The van der Waals surface area contributed by atoms with Gasteiger partial charge in [-0.3, -0.25) is 4.79 Å². The van der Waals surface area contributed by atoms with E-state index in [1.165, 1.54) is 7.11 Å². The largest absolute Gasteiger partial charge is 0.465 e. The molecule has 20 heavy (non-hydrogen) atoms. The number of nitrogen functional groups attached to an aromatic ring is 1. The van der Waals surface area contributed by atoms with Crippen molar-refractivity contribution in [3.63, 3.8) is 0 Å². The first-order valence-electron chi connectivity index (χ1n) is 6.58. The number of carbonyl (C=O) groups excluding carboxylic acids is 2. The van der Waals surface area contributed by atoms with Gasteiger partial charge in [0.25, 0.3) is 0 Å². The van der Waals surface area contributed by atoms with Gasteiger partial charge in [0, 0.05) is 6.54 Å². The first-order chi connectivity index (χ1) is 9.54. The summed E-state index contributed by atoms with van der Waals surface area (Å²) in [6.07, 6.45) is 2.69. The highest BCUT2D eigenvalue weighted by Crippen LogP contribution is 2.30. The second kappa shape index (κ2) is 5.81. The van der Waals surface area contributed by atoms with E-state index in [1.807, 2.05) is 4.90 Å². The van der Waals surface area contributed by atoms with Crippen LogP contribution in [-0.4, -0.2) is 31.6 Å². The number of piperidine rings is 1. The van der Waals surface area contributed by atoms with E-state index in [2.05, 4.69) is 4.74 Å². The fraction of sp³-hybridized carbons (Fsp3) is 0.429. The van der Waals surface area contributed by atoms with E-state index < -0.39 is 5.97 Å². The van der Waals surface area contributed by atoms with Gasteiger partial charge in [0.05, 0.1) is 24.0 Å². The Hall–Kier alpha value is -2.24. The van der Waals surface area contributed by atoms with Crippen LogP contribution in [0.2, 0.25) is 0 Å². The molecule has 0 aliphatic carbocycles. The Morgan fingerprint density at radius 1 is 1.35 bits per heavy atom. The molecule has 1 atom stereocenters. The van der Waals surface area contributed by atoms with Crippen LogP contribution in [0.4, 0.5) is 11.4 Å². The Balaban J connectivity index is 2.31. The molecule has 0 bridgehead atoms. The molecule has 108 valence electrons. The van der Waals surface area contributed by atoms with Gasteiger partial charge in [-0.15, -0.1) is 0 Å². The van der Waals surface area contributed by atoms with Crippen LogP contribution in [0.5, 0.6) is 0 Å². The van der Waals surface area contributed by atoms with E-state index in [-0.39, 0.29) is 11.9 Å². The van der Waals surface area contributed by atoms with Crippen LogP contribution < -0.4 is 16.4 Å². The molecule has 1 aliphatic rings. The number of primary amides is 1. The topological polar surface area (TPSA) is 98.6 Å². The van der Waals surface area contributed by atoms with Crippen LogP contribution in [0.25, 0.3) is 0 Å². The van der Waals surface area contributed by atoms with E-state index in [0.29, 0.717) is 11.3 Å². The number of benzene rings is 1. The highest BCUT2D eigenvalue weighted by Gasteiger charge is 2.28. The third kappa shape index (κ3) is 2.68. The molecule has 0 radical (unpaired) electrons. The summed E-state index contributed by atoms with van der Waals surface area (Å²) in [6.45, 7) is 0.732. The van der Waals surface area contributed by atoms with Gasteiger partial charge in [-0.1, -0.05) is 0 Å². The number of ether oxygens (including phenoxy) is 1.